The lowest BCUT2D eigenvalue weighted by molar-refractivity contribution is 0.0521. The fourth-order valence-corrected chi connectivity index (χ4v) is 1.62. The van der Waals surface area contributed by atoms with E-state index in [4.69, 9.17) is 14.2 Å². The van der Waals surface area contributed by atoms with E-state index in [0.29, 0.717) is 24.7 Å². The van der Waals surface area contributed by atoms with Gasteiger partial charge in [-0.15, -0.1) is 0 Å². The standard InChI is InChI=1S/C14H16N2O4/c1-3-19-14(17)12-8-15-16-13(12)20-9-10-4-6-11(18-2)7-5-10/h4-8H,3,9H2,1-2H3,(H,15,16). The lowest BCUT2D eigenvalue weighted by atomic mass is 10.2. The number of nitrogens with one attached hydrogen (secondary N) is 1. The second-order valence-corrected chi connectivity index (χ2v) is 3.97. The van der Waals surface area contributed by atoms with E-state index in [1.807, 2.05) is 24.3 Å². The topological polar surface area (TPSA) is 73.4 Å². The van der Waals surface area contributed by atoms with Crippen molar-refractivity contribution in [1.29, 1.82) is 0 Å². The molecule has 2 rings (SSSR count). The predicted molar refractivity (Wildman–Crippen MR) is 71.9 cm³/mol. The van der Waals surface area contributed by atoms with Crippen molar-refractivity contribution in [2.75, 3.05) is 13.7 Å². The molecule has 0 saturated heterocycles. The highest BCUT2D eigenvalue weighted by Crippen LogP contribution is 2.18. The number of ether oxygens (including phenoxy) is 3. The van der Waals surface area contributed by atoms with Crippen LogP contribution in [0.2, 0.25) is 0 Å². The van der Waals surface area contributed by atoms with Crippen LogP contribution in [-0.4, -0.2) is 29.9 Å². The van der Waals surface area contributed by atoms with Gasteiger partial charge in [-0.2, -0.15) is 5.10 Å². The number of hydrogen-bond donors (Lipinski definition) is 1. The Balaban J connectivity index is 2.00. The fraction of sp³-hybridized carbons (Fsp3) is 0.286. The highest BCUT2D eigenvalue weighted by molar-refractivity contribution is 5.91. The third kappa shape index (κ3) is 3.28. The highest BCUT2D eigenvalue weighted by Gasteiger charge is 2.16. The molecule has 0 fully saturated rings. The Kier molecular flexibility index (Phi) is 4.60. The SMILES string of the molecule is CCOC(=O)c1cn[nH]c1OCc1ccc(OC)cc1. The Morgan fingerprint density at radius 3 is 2.70 bits per heavy atom. The summed E-state index contributed by atoms with van der Waals surface area (Å²) in [6, 6.07) is 7.47. The molecule has 0 saturated carbocycles. The van der Waals surface area contributed by atoms with E-state index in [0.717, 1.165) is 11.3 Å². The Morgan fingerprint density at radius 2 is 2.05 bits per heavy atom. The van der Waals surface area contributed by atoms with Gasteiger partial charge in [-0.3, -0.25) is 0 Å². The zero-order valence-corrected chi connectivity index (χ0v) is 11.4. The number of esters is 1. The normalized spacial score (nSPS) is 10.1. The third-order valence-electron chi connectivity index (χ3n) is 2.64. The summed E-state index contributed by atoms with van der Waals surface area (Å²) in [6.45, 7) is 2.37. The van der Waals surface area contributed by atoms with Crippen LogP contribution in [0.25, 0.3) is 0 Å². The first-order valence-electron chi connectivity index (χ1n) is 6.20. The van der Waals surface area contributed by atoms with E-state index in [1.165, 1.54) is 6.20 Å². The van der Waals surface area contributed by atoms with Gasteiger partial charge in [-0.25, -0.2) is 9.89 Å². The monoisotopic (exact) mass is 276 g/mol. The quantitative estimate of drug-likeness (QED) is 0.818. The van der Waals surface area contributed by atoms with Gasteiger partial charge in [0.2, 0.25) is 5.88 Å². The van der Waals surface area contributed by atoms with Crippen LogP contribution in [0.1, 0.15) is 22.8 Å². The Morgan fingerprint density at radius 1 is 1.30 bits per heavy atom. The molecule has 1 aromatic heterocycles. The van der Waals surface area contributed by atoms with Crippen LogP contribution in [0.15, 0.2) is 30.5 Å². The molecule has 0 unspecified atom stereocenters. The summed E-state index contributed by atoms with van der Waals surface area (Å²) in [6.07, 6.45) is 1.39. The molecule has 0 radical (unpaired) electrons. The van der Waals surface area contributed by atoms with Gasteiger partial charge in [0, 0.05) is 0 Å². The minimum Gasteiger partial charge on any atom is -0.497 e. The summed E-state index contributed by atoms with van der Waals surface area (Å²) in [4.78, 5) is 11.6. The third-order valence-corrected chi connectivity index (χ3v) is 2.64. The number of aromatic nitrogens is 2. The molecule has 0 bridgehead atoms. The van der Waals surface area contributed by atoms with E-state index in [1.54, 1.807) is 14.0 Å². The number of rotatable bonds is 6. The second-order valence-electron chi connectivity index (χ2n) is 3.97. The van der Waals surface area contributed by atoms with Gasteiger partial charge in [-0.1, -0.05) is 12.1 Å². The van der Waals surface area contributed by atoms with Crippen molar-refractivity contribution in [3.63, 3.8) is 0 Å². The maximum atomic E-state index is 11.6. The van der Waals surface area contributed by atoms with E-state index >= 15 is 0 Å². The number of methoxy groups -OCH3 is 1. The molecule has 6 heteroatoms. The molecule has 1 heterocycles. The first-order valence-corrected chi connectivity index (χ1v) is 6.20. The van der Waals surface area contributed by atoms with Gasteiger partial charge in [0.15, 0.2) is 0 Å². The van der Waals surface area contributed by atoms with Crippen molar-refractivity contribution in [2.24, 2.45) is 0 Å². The number of carbonyl (C=O) groups excluding carboxylic acids is 1. The number of benzene rings is 1. The van der Waals surface area contributed by atoms with Crippen LogP contribution in [0.3, 0.4) is 0 Å². The summed E-state index contributed by atoms with van der Waals surface area (Å²) < 4.78 is 15.5. The van der Waals surface area contributed by atoms with Crippen molar-refractivity contribution in [3.05, 3.63) is 41.6 Å². The summed E-state index contributed by atoms with van der Waals surface area (Å²) in [5.41, 5.74) is 1.25. The molecular weight excluding hydrogens is 260 g/mol. The Bertz CT molecular complexity index is 563. The van der Waals surface area contributed by atoms with E-state index in [2.05, 4.69) is 10.2 Å². The van der Waals surface area contributed by atoms with E-state index in [-0.39, 0.29) is 0 Å². The lowest BCUT2D eigenvalue weighted by Gasteiger charge is -2.07. The first-order chi connectivity index (χ1) is 9.74. The average Bonchev–Trinajstić information content (AvgIpc) is 2.94. The molecule has 0 atom stereocenters. The van der Waals surface area contributed by atoms with Gasteiger partial charge in [0.1, 0.15) is 17.9 Å². The van der Waals surface area contributed by atoms with E-state index in [9.17, 15) is 4.79 Å². The smallest absolute Gasteiger partial charge is 0.345 e. The van der Waals surface area contributed by atoms with Crippen molar-refractivity contribution in [2.45, 2.75) is 13.5 Å². The minimum atomic E-state index is -0.453. The summed E-state index contributed by atoms with van der Waals surface area (Å²) >= 11 is 0. The predicted octanol–water partition coefficient (Wildman–Crippen LogP) is 2.17. The van der Waals surface area contributed by atoms with Crippen molar-refractivity contribution >= 4 is 5.97 Å². The Labute approximate surface area is 116 Å². The molecule has 0 spiro atoms. The molecule has 0 amide bonds. The molecule has 0 aliphatic carbocycles. The van der Waals surface area contributed by atoms with E-state index < -0.39 is 5.97 Å². The lowest BCUT2D eigenvalue weighted by Crippen LogP contribution is -2.06. The van der Waals surface area contributed by atoms with Crippen LogP contribution < -0.4 is 9.47 Å². The van der Waals surface area contributed by atoms with Crippen LogP contribution in [0.4, 0.5) is 0 Å². The summed E-state index contributed by atoms with van der Waals surface area (Å²) in [5.74, 6) is 0.632. The first kappa shape index (κ1) is 13.9. The van der Waals surface area contributed by atoms with Gasteiger partial charge in [-0.05, 0) is 24.6 Å². The largest absolute Gasteiger partial charge is 0.497 e. The second kappa shape index (κ2) is 6.60. The summed E-state index contributed by atoms with van der Waals surface area (Å²) in [7, 11) is 1.61. The summed E-state index contributed by atoms with van der Waals surface area (Å²) in [5, 5.41) is 6.43. The fourth-order valence-electron chi connectivity index (χ4n) is 1.62. The molecule has 0 aliphatic rings. The maximum Gasteiger partial charge on any atom is 0.345 e. The van der Waals surface area contributed by atoms with Crippen LogP contribution >= 0.6 is 0 Å². The molecule has 2 aromatic rings. The maximum absolute atomic E-state index is 11.6. The van der Waals surface area contributed by atoms with Gasteiger partial charge in [0.05, 0.1) is 19.9 Å². The van der Waals surface area contributed by atoms with Crippen molar-refractivity contribution < 1.29 is 19.0 Å². The molecule has 6 nitrogen and oxygen atoms in total. The molecular formula is C14H16N2O4. The number of aromatic amines is 1. The van der Waals surface area contributed by atoms with Crippen molar-refractivity contribution in [3.8, 4) is 11.6 Å². The van der Waals surface area contributed by atoms with Crippen molar-refractivity contribution in [1.82, 2.24) is 10.2 Å². The number of hydrogen-bond acceptors (Lipinski definition) is 5. The molecule has 106 valence electrons. The van der Waals surface area contributed by atoms with Gasteiger partial charge in [0.25, 0.3) is 0 Å². The van der Waals surface area contributed by atoms with Crippen LogP contribution in [0.5, 0.6) is 11.6 Å². The average molecular weight is 276 g/mol. The van der Waals surface area contributed by atoms with Crippen LogP contribution in [0, 0.1) is 0 Å². The zero-order valence-electron chi connectivity index (χ0n) is 11.4. The van der Waals surface area contributed by atoms with Gasteiger partial charge < -0.3 is 14.2 Å². The minimum absolute atomic E-state index is 0.292. The number of carbonyl (C=O) groups is 1. The molecule has 20 heavy (non-hydrogen) atoms. The number of H-pyrrole nitrogens is 1. The molecule has 1 aromatic carbocycles. The number of nitrogens with zero attached hydrogens (tertiary/aromatic N) is 1. The van der Waals surface area contributed by atoms with Gasteiger partial charge >= 0.3 is 5.97 Å². The molecule has 0 aliphatic heterocycles. The molecule has 1 N–H and O–H groups in total. The highest BCUT2D eigenvalue weighted by atomic mass is 16.5. The Hall–Kier alpha value is -2.50. The zero-order chi connectivity index (χ0) is 14.4. The van der Waals surface area contributed by atoms with Crippen LogP contribution in [-0.2, 0) is 11.3 Å².